The normalized spacial score (nSPS) is 17.5. The average molecular weight is 518 g/mol. The summed E-state index contributed by atoms with van der Waals surface area (Å²) in [4.78, 5) is 9.54. The summed E-state index contributed by atoms with van der Waals surface area (Å²) in [6, 6.07) is 19.3. The standard InChI is InChI=1S/C27H31N7O2S/c1-31-15-17-32(18-16-31)23-9-7-22(8-10-23)29-27-28-20-24-11-12-26(34(24)30-27)21-5-4-6-25(19-21)37(35,36)33-13-2-3-14-33/h4-12,19-20H,2-3,13-18H2,1H3,(H,29,30). The molecule has 0 saturated carbocycles. The molecule has 2 aromatic heterocycles. The van der Waals surface area contributed by atoms with Gasteiger partial charge in [-0.15, -0.1) is 5.10 Å². The van der Waals surface area contributed by atoms with Gasteiger partial charge >= 0.3 is 0 Å². The van der Waals surface area contributed by atoms with E-state index in [0.717, 1.165) is 61.5 Å². The molecule has 0 radical (unpaired) electrons. The molecule has 4 heterocycles. The number of sulfonamides is 1. The second kappa shape index (κ2) is 9.77. The van der Waals surface area contributed by atoms with Crippen molar-refractivity contribution in [3.63, 3.8) is 0 Å². The van der Waals surface area contributed by atoms with E-state index in [1.807, 2.05) is 30.3 Å². The Morgan fingerprint density at radius 3 is 2.38 bits per heavy atom. The summed E-state index contributed by atoms with van der Waals surface area (Å²) in [5.41, 5.74) is 4.56. The molecule has 2 aromatic carbocycles. The van der Waals surface area contributed by atoms with Crippen molar-refractivity contribution in [3.8, 4) is 11.3 Å². The minimum Gasteiger partial charge on any atom is -0.369 e. The highest BCUT2D eigenvalue weighted by molar-refractivity contribution is 7.89. The van der Waals surface area contributed by atoms with E-state index in [2.05, 4.69) is 39.3 Å². The SMILES string of the molecule is CN1CCN(c2ccc(Nc3ncc4ccc(-c5cccc(S(=O)(=O)N6CCCC6)c5)n4n3)cc2)CC1. The largest absolute Gasteiger partial charge is 0.369 e. The molecule has 0 unspecified atom stereocenters. The van der Waals surface area contributed by atoms with Crippen molar-refractivity contribution < 1.29 is 8.42 Å². The molecule has 192 valence electrons. The molecule has 0 atom stereocenters. The van der Waals surface area contributed by atoms with E-state index in [4.69, 9.17) is 5.10 Å². The fourth-order valence-corrected chi connectivity index (χ4v) is 6.58. The Bertz CT molecular complexity index is 1500. The van der Waals surface area contributed by atoms with Gasteiger partial charge in [0.05, 0.1) is 22.3 Å². The maximum absolute atomic E-state index is 13.1. The predicted molar refractivity (Wildman–Crippen MR) is 146 cm³/mol. The van der Waals surface area contributed by atoms with Gasteiger partial charge in [0, 0.05) is 56.2 Å². The number of fused-ring (bicyclic) bond motifs is 1. The Labute approximate surface area is 217 Å². The van der Waals surface area contributed by atoms with Crippen LogP contribution < -0.4 is 10.2 Å². The van der Waals surface area contributed by atoms with Crippen LogP contribution in [0.5, 0.6) is 0 Å². The number of benzene rings is 2. The number of aromatic nitrogens is 3. The molecule has 0 amide bonds. The Hall–Kier alpha value is -3.47. The van der Waals surface area contributed by atoms with Crippen LogP contribution >= 0.6 is 0 Å². The minimum absolute atomic E-state index is 0.315. The number of rotatable bonds is 6. The van der Waals surface area contributed by atoms with Crippen LogP contribution in [0.3, 0.4) is 0 Å². The van der Waals surface area contributed by atoms with Crippen molar-refractivity contribution in [1.82, 2.24) is 23.8 Å². The van der Waals surface area contributed by atoms with Crippen LogP contribution in [0.4, 0.5) is 17.3 Å². The Morgan fingerprint density at radius 1 is 0.865 bits per heavy atom. The monoisotopic (exact) mass is 517 g/mol. The molecule has 4 aromatic rings. The number of hydrogen-bond acceptors (Lipinski definition) is 7. The molecule has 1 N–H and O–H groups in total. The lowest BCUT2D eigenvalue weighted by molar-refractivity contribution is 0.313. The lowest BCUT2D eigenvalue weighted by Gasteiger charge is -2.34. The quantitative estimate of drug-likeness (QED) is 0.418. The molecule has 0 bridgehead atoms. The zero-order chi connectivity index (χ0) is 25.4. The van der Waals surface area contributed by atoms with E-state index in [-0.39, 0.29) is 0 Å². The van der Waals surface area contributed by atoms with Crippen LogP contribution in [0.2, 0.25) is 0 Å². The first-order valence-corrected chi connectivity index (χ1v) is 14.2. The van der Waals surface area contributed by atoms with Gasteiger partial charge in [-0.3, -0.25) is 0 Å². The van der Waals surface area contributed by atoms with Gasteiger partial charge in [0.25, 0.3) is 0 Å². The number of likely N-dealkylation sites (N-methyl/N-ethyl adjacent to an activating group) is 1. The van der Waals surface area contributed by atoms with Gasteiger partial charge in [0.15, 0.2) is 0 Å². The second-order valence-electron chi connectivity index (χ2n) is 9.74. The minimum atomic E-state index is -3.50. The van der Waals surface area contributed by atoms with Gasteiger partial charge in [-0.25, -0.2) is 17.9 Å². The maximum Gasteiger partial charge on any atom is 0.245 e. The van der Waals surface area contributed by atoms with Gasteiger partial charge < -0.3 is 15.1 Å². The third kappa shape index (κ3) is 4.79. The first kappa shape index (κ1) is 23.9. The van der Waals surface area contributed by atoms with E-state index in [1.165, 1.54) is 5.69 Å². The van der Waals surface area contributed by atoms with Crippen molar-refractivity contribution in [1.29, 1.82) is 0 Å². The molecule has 2 aliphatic heterocycles. The summed E-state index contributed by atoms with van der Waals surface area (Å²) in [5, 5.41) is 8.02. The van der Waals surface area contributed by atoms with E-state index in [0.29, 0.717) is 23.9 Å². The first-order chi connectivity index (χ1) is 18.0. The van der Waals surface area contributed by atoms with Crippen molar-refractivity contribution in [3.05, 3.63) is 66.9 Å². The Kier molecular flexibility index (Phi) is 6.31. The molecular formula is C27H31N7O2S. The van der Waals surface area contributed by atoms with Crippen molar-refractivity contribution in [2.75, 3.05) is 56.5 Å². The van der Waals surface area contributed by atoms with Crippen molar-refractivity contribution >= 4 is 32.9 Å². The number of piperazine rings is 1. The van der Waals surface area contributed by atoms with Crippen LogP contribution in [0, 0.1) is 0 Å². The molecular weight excluding hydrogens is 486 g/mol. The highest BCUT2D eigenvalue weighted by Crippen LogP contribution is 2.28. The topological polar surface area (TPSA) is 86.1 Å². The van der Waals surface area contributed by atoms with Crippen LogP contribution in [0.1, 0.15) is 12.8 Å². The molecule has 2 fully saturated rings. The fourth-order valence-electron chi connectivity index (χ4n) is 5.02. The second-order valence-corrected chi connectivity index (χ2v) is 11.7. The Morgan fingerprint density at radius 2 is 1.62 bits per heavy atom. The molecule has 37 heavy (non-hydrogen) atoms. The van der Waals surface area contributed by atoms with Crippen LogP contribution in [-0.2, 0) is 10.0 Å². The third-order valence-corrected chi connectivity index (χ3v) is 9.12. The number of hydrogen-bond donors (Lipinski definition) is 1. The van der Waals surface area contributed by atoms with Gasteiger partial charge in [0.1, 0.15) is 0 Å². The highest BCUT2D eigenvalue weighted by atomic mass is 32.2. The van der Waals surface area contributed by atoms with Gasteiger partial charge in [-0.1, -0.05) is 12.1 Å². The number of nitrogens with one attached hydrogen (secondary N) is 1. The zero-order valence-corrected chi connectivity index (χ0v) is 21.7. The molecule has 6 rings (SSSR count). The Balaban J connectivity index is 1.24. The molecule has 2 saturated heterocycles. The van der Waals surface area contributed by atoms with E-state index >= 15 is 0 Å². The predicted octanol–water partition coefficient (Wildman–Crippen LogP) is 3.68. The van der Waals surface area contributed by atoms with Gasteiger partial charge in [-0.05, 0) is 68.4 Å². The lowest BCUT2D eigenvalue weighted by Crippen LogP contribution is -2.44. The van der Waals surface area contributed by atoms with Crippen LogP contribution in [0.15, 0.2) is 71.8 Å². The summed E-state index contributed by atoms with van der Waals surface area (Å²) >= 11 is 0. The molecule has 0 aliphatic carbocycles. The van der Waals surface area contributed by atoms with Gasteiger partial charge in [0.2, 0.25) is 16.0 Å². The average Bonchev–Trinajstić information content (AvgIpc) is 3.61. The lowest BCUT2D eigenvalue weighted by atomic mass is 10.2. The van der Waals surface area contributed by atoms with Crippen LogP contribution in [0.25, 0.3) is 16.8 Å². The van der Waals surface area contributed by atoms with Crippen LogP contribution in [-0.4, -0.2) is 78.5 Å². The summed E-state index contributed by atoms with van der Waals surface area (Å²) in [7, 11) is -1.34. The van der Waals surface area contributed by atoms with Crippen molar-refractivity contribution in [2.24, 2.45) is 0 Å². The van der Waals surface area contributed by atoms with Gasteiger partial charge in [-0.2, -0.15) is 4.31 Å². The molecule has 9 nitrogen and oxygen atoms in total. The smallest absolute Gasteiger partial charge is 0.245 e. The zero-order valence-electron chi connectivity index (χ0n) is 20.9. The number of anilines is 3. The number of nitrogens with zero attached hydrogens (tertiary/aromatic N) is 6. The molecule has 10 heteroatoms. The van der Waals surface area contributed by atoms with Crippen molar-refractivity contribution in [2.45, 2.75) is 17.7 Å². The molecule has 2 aliphatic rings. The molecule has 0 spiro atoms. The van der Waals surface area contributed by atoms with E-state index < -0.39 is 10.0 Å². The summed E-state index contributed by atoms with van der Waals surface area (Å²) in [5.74, 6) is 0.471. The maximum atomic E-state index is 13.1. The highest BCUT2D eigenvalue weighted by Gasteiger charge is 2.27. The third-order valence-electron chi connectivity index (χ3n) is 7.22. The van der Waals surface area contributed by atoms with E-state index in [1.54, 1.807) is 33.2 Å². The summed E-state index contributed by atoms with van der Waals surface area (Å²) in [6.45, 7) is 5.36. The summed E-state index contributed by atoms with van der Waals surface area (Å²) < 4.78 is 29.6. The fraction of sp³-hybridized carbons (Fsp3) is 0.333. The summed E-state index contributed by atoms with van der Waals surface area (Å²) in [6.07, 6.45) is 3.59. The van der Waals surface area contributed by atoms with E-state index in [9.17, 15) is 8.42 Å². The first-order valence-electron chi connectivity index (χ1n) is 12.7.